The van der Waals surface area contributed by atoms with Gasteiger partial charge in [0, 0.05) is 6.42 Å². The van der Waals surface area contributed by atoms with E-state index >= 15 is 0 Å². The van der Waals surface area contributed by atoms with Crippen LogP contribution >= 0.6 is 0 Å². The second-order valence-electron chi connectivity index (χ2n) is 5.59. The van der Waals surface area contributed by atoms with Crippen molar-refractivity contribution in [1.29, 1.82) is 0 Å². The third-order valence-electron chi connectivity index (χ3n) is 3.82. The maximum atomic E-state index is 11.5. The number of hydrogen-bond acceptors (Lipinski definition) is 2. The van der Waals surface area contributed by atoms with E-state index in [1.807, 2.05) is 0 Å². The third kappa shape index (κ3) is 12.3. The zero-order valence-corrected chi connectivity index (χ0v) is 13.4. The minimum absolute atomic E-state index is 0.00171. The number of rotatable bonds is 13. The zero-order valence-electron chi connectivity index (χ0n) is 13.4. The Kier molecular flexibility index (Phi) is 13.5. The highest BCUT2D eigenvalue weighted by molar-refractivity contribution is 5.69. The molecule has 0 radical (unpaired) electrons. The van der Waals surface area contributed by atoms with Crippen LogP contribution in [0.1, 0.15) is 91.4 Å². The van der Waals surface area contributed by atoms with E-state index in [1.54, 1.807) is 0 Å². The average Bonchev–Trinajstić information content (AvgIpc) is 2.42. The van der Waals surface area contributed by atoms with E-state index in [9.17, 15) is 4.79 Å². The molecule has 0 bridgehead atoms. The van der Waals surface area contributed by atoms with Crippen molar-refractivity contribution in [2.45, 2.75) is 91.4 Å². The van der Waals surface area contributed by atoms with E-state index < -0.39 is 0 Å². The highest BCUT2D eigenvalue weighted by Gasteiger charge is 2.08. The van der Waals surface area contributed by atoms with Gasteiger partial charge in [0.15, 0.2) is 0 Å². The lowest BCUT2D eigenvalue weighted by Gasteiger charge is -2.14. The van der Waals surface area contributed by atoms with Gasteiger partial charge in [-0.25, -0.2) is 0 Å². The van der Waals surface area contributed by atoms with E-state index in [0.717, 1.165) is 25.2 Å². The summed E-state index contributed by atoms with van der Waals surface area (Å²) in [4.78, 5) is 11.5. The number of unbranched alkanes of at least 4 members (excludes halogenated alkanes) is 5. The predicted octanol–water partition coefficient (Wildman–Crippen LogP) is 5.50. The van der Waals surface area contributed by atoms with Crippen LogP contribution in [0.15, 0.2) is 0 Å². The fourth-order valence-corrected chi connectivity index (χ4v) is 2.33. The molecule has 2 nitrogen and oxygen atoms in total. The predicted molar refractivity (Wildman–Crippen MR) is 82.3 cm³/mol. The summed E-state index contributed by atoms with van der Waals surface area (Å²) in [5.41, 5.74) is 0. The van der Waals surface area contributed by atoms with Gasteiger partial charge in [-0.1, -0.05) is 72.1 Å². The molecule has 19 heavy (non-hydrogen) atoms. The maximum Gasteiger partial charge on any atom is 0.305 e. The van der Waals surface area contributed by atoms with Gasteiger partial charge in [-0.05, 0) is 18.8 Å². The summed E-state index contributed by atoms with van der Waals surface area (Å²) in [5, 5.41) is 0. The second-order valence-corrected chi connectivity index (χ2v) is 5.59. The minimum Gasteiger partial charge on any atom is -0.466 e. The quantitative estimate of drug-likeness (QED) is 0.326. The molecule has 0 saturated carbocycles. The molecule has 0 amide bonds. The molecule has 0 aliphatic rings. The van der Waals surface area contributed by atoms with Crippen molar-refractivity contribution in [3.63, 3.8) is 0 Å². The molecule has 114 valence electrons. The first-order chi connectivity index (χ1) is 9.24. The van der Waals surface area contributed by atoms with Crippen molar-refractivity contribution in [2.24, 2.45) is 5.92 Å². The Hall–Kier alpha value is -0.530. The van der Waals surface area contributed by atoms with Crippen LogP contribution in [-0.4, -0.2) is 12.6 Å². The van der Waals surface area contributed by atoms with Crippen molar-refractivity contribution in [1.82, 2.24) is 0 Å². The summed E-state index contributed by atoms with van der Waals surface area (Å²) in [6.07, 6.45) is 12.6. The topological polar surface area (TPSA) is 26.3 Å². The first kappa shape index (κ1) is 18.5. The van der Waals surface area contributed by atoms with Gasteiger partial charge in [0.05, 0.1) is 6.61 Å². The smallest absolute Gasteiger partial charge is 0.305 e. The number of ether oxygens (including phenoxy) is 1. The highest BCUT2D eigenvalue weighted by Crippen LogP contribution is 2.16. The maximum absolute atomic E-state index is 11.5. The molecule has 0 heterocycles. The van der Waals surface area contributed by atoms with Crippen LogP contribution in [0.2, 0.25) is 0 Å². The van der Waals surface area contributed by atoms with Crippen molar-refractivity contribution >= 4 is 5.97 Å². The Balaban J connectivity index is 3.45. The van der Waals surface area contributed by atoms with Crippen molar-refractivity contribution in [3.8, 4) is 0 Å². The zero-order chi connectivity index (χ0) is 14.3. The van der Waals surface area contributed by atoms with Gasteiger partial charge in [0.2, 0.25) is 0 Å². The molecule has 0 rings (SSSR count). The first-order valence-corrected chi connectivity index (χ1v) is 8.40. The largest absolute Gasteiger partial charge is 0.466 e. The Morgan fingerprint density at radius 2 is 1.58 bits per heavy atom. The lowest BCUT2D eigenvalue weighted by molar-refractivity contribution is -0.144. The van der Waals surface area contributed by atoms with Crippen LogP contribution in [0.4, 0.5) is 0 Å². The molecule has 0 aromatic carbocycles. The van der Waals surface area contributed by atoms with E-state index in [-0.39, 0.29) is 5.97 Å². The molecule has 0 fully saturated rings. The number of hydrogen-bond donors (Lipinski definition) is 0. The van der Waals surface area contributed by atoms with Crippen LogP contribution in [0.3, 0.4) is 0 Å². The number of esters is 1. The summed E-state index contributed by atoms with van der Waals surface area (Å²) in [7, 11) is 0. The van der Waals surface area contributed by atoms with Crippen LogP contribution in [0, 0.1) is 5.92 Å². The summed E-state index contributed by atoms with van der Waals surface area (Å²) < 4.78 is 5.32. The molecular formula is C17H34O2. The Morgan fingerprint density at radius 3 is 2.21 bits per heavy atom. The summed E-state index contributed by atoms with van der Waals surface area (Å²) in [6.45, 7) is 7.29. The molecule has 0 spiro atoms. The van der Waals surface area contributed by atoms with Crippen LogP contribution in [0.5, 0.6) is 0 Å². The number of carbonyl (C=O) groups is 1. The molecule has 1 unspecified atom stereocenters. The van der Waals surface area contributed by atoms with Gasteiger partial charge < -0.3 is 4.74 Å². The lowest BCUT2D eigenvalue weighted by atomic mass is 9.96. The average molecular weight is 270 g/mol. The fourth-order valence-electron chi connectivity index (χ4n) is 2.33. The van der Waals surface area contributed by atoms with Crippen molar-refractivity contribution < 1.29 is 9.53 Å². The fraction of sp³-hybridized carbons (Fsp3) is 0.941. The van der Waals surface area contributed by atoms with Gasteiger partial charge in [0.25, 0.3) is 0 Å². The van der Waals surface area contributed by atoms with Crippen molar-refractivity contribution in [2.75, 3.05) is 6.61 Å². The van der Waals surface area contributed by atoms with E-state index in [4.69, 9.17) is 4.74 Å². The standard InChI is InChI=1S/C17H34O2/c1-4-7-9-10-11-13-17(18)19-15-14-16(6-3)12-8-5-2/h16H,4-15H2,1-3H3. The monoisotopic (exact) mass is 270 g/mol. The van der Waals surface area contributed by atoms with E-state index in [1.165, 1.54) is 44.9 Å². The highest BCUT2D eigenvalue weighted by atomic mass is 16.5. The molecule has 0 saturated heterocycles. The first-order valence-electron chi connectivity index (χ1n) is 8.40. The molecule has 0 aromatic heterocycles. The molecule has 0 N–H and O–H groups in total. The Morgan fingerprint density at radius 1 is 0.895 bits per heavy atom. The summed E-state index contributed by atoms with van der Waals surface area (Å²) >= 11 is 0. The van der Waals surface area contributed by atoms with Crippen LogP contribution in [0.25, 0.3) is 0 Å². The molecule has 2 heteroatoms. The van der Waals surface area contributed by atoms with Gasteiger partial charge in [-0.15, -0.1) is 0 Å². The van der Waals surface area contributed by atoms with Crippen LogP contribution in [-0.2, 0) is 9.53 Å². The van der Waals surface area contributed by atoms with E-state index in [0.29, 0.717) is 13.0 Å². The molecule has 0 aromatic rings. The molecule has 0 aliphatic heterocycles. The normalized spacial score (nSPS) is 12.4. The Bertz CT molecular complexity index is 201. The second kappa shape index (κ2) is 13.9. The minimum atomic E-state index is 0.00171. The van der Waals surface area contributed by atoms with Crippen molar-refractivity contribution in [3.05, 3.63) is 0 Å². The number of carbonyl (C=O) groups excluding carboxylic acids is 1. The van der Waals surface area contributed by atoms with E-state index in [2.05, 4.69) is 20.8 Å². The summed E-state index contributed by atoms with van der Waals surface area (Å²) in [6, 6.07) is 0. The van der Waals surface area contributed by atoms with Gasteiger partial charge >= 0.3 is 5.97 Å². The molecule has 0 aliphatic carbocycles. The SMILES string of the molecule is CCCCCCCC(=O)OCCC(CC)CCCC. The molecule has 1 atom stereocenters. The van der Waals surface area contributed by atoms with Gasteiger partial charge in [-0.2, -0.15) is 0 Å². The third-order valence-corrected chi connectivity index (χ3v) is 3.82. The lowest BCUT2D eigenvalue weighted by Crippen LogP contribution is -2.09. The Labute approximate surface area is 120 Å². The van der Waals surface area contributed by atoms with Gasteiger partial charge in [-0.3, -0.25) is 4.79 Å². The summed E-state index contributed by atoms with van der Waals surface area (Å²) in [5.74, 6) is 0.735. The molecular weight excluding hydrogens is 236 g/mol. The van der Waals surface area contributed by atoms with Gasteiger partial charge in [0.1, 0.15) is 0 Å². The van der Waals surface area contributed by atoms with Crippen LogP contribution < -0.4 is 0 Å².